The van der Waals surface area contributed by atoms with Gasteiger partial charge in [-0.15, -0.1) is 10.2 Å². The fraction of sp³-hybridized carbons (Fsp3) is 0.211. The molecule has 25 heavy (non-hydrogen) atoms. The first-order chi connectivity index (χ1) is 12.0. The number of carbonyl (C=O) groups is 1. The third-order valence-electron chi connectivity index (χ3n) is 4.21. The van der Waals surface area contributed by atoms with Gasteiger partial charge in [0.25, 0.3) is 5.91 Å². The van der Waals surface area contributed by atoms with Crippen molar-refractivity contribution in [3.8, 4) is 0 Å². The van der Waals surface area contributed by atoms with Gasteiger partial charge in [0, 0.05) is 12.6 Å². The van der Waals surface area contributed by atoms with Gasteiger partial charge in [-0.05, 0) is 43.2 Å². The molecule has 2 aromatic carbocycles. The van der Waals surface area contributed by atoms with E-state index in [0.29, 0.717) is 17.0 Å². The van der Waals surface area contributed by atoms with Crippen LogP contribution in [-0.4, -0.2) is 20.7 Å². The van der Waals surface area contributed by atoms with E-state index >= 15 is 0 Å². The quantitative estimate of drug-likeness (QED) is 0.795. The van der Waals surface area contributed by atoms with E-state index in [4.69, 9.17) is 0 Å². The van der Waals surface area contributed by atoms with E-state index in [9.17, 15) is 9.18 Å². The standard InChI is InChI=1S/C19H19FN4O/c1-12-11-15(9-10-16(12)20)19(25)21-17(14-7-5-4-6-8-14)18-23-22-13(2)24(18)3/h4-11,17H,1-3H3,(H,21,25)/t17-/m1/s1. The van der Waals surface area contributed by atoms with Crippen molar-refractivity contribution in [3.63, 3.8) is 0 Å². The summed E-state index contributed by atoms with van der Waals surface area (Å²) in [5, 5.41) is 11.3. The van der Waals surface area contributed by atoms with Gasteiger partial charge in [0.2, 0.25) is 0 Å². The molecule has 0 aliphatic rings. The third kappa shape index (κ3) is 3.42. The van der Waals surface area contributed by atoms with Gasteiger partial charge in [0.15, 0.2) is 5.82 Å². The fourth-order valence-electron chi connectivity index (χ4n) is 2.62. The van der Waals surface area contributed by atoms with Gasteiger partial charge < -0.3 is 9.88 Å². The van der Waals surface area contributed by atoms with Crippen LogP contribution in [0.15, 0.2) is 48.5 Å². The van der Waals surface area contributed by atoms with Crippen LogP contribution in [0, 0.1) is 19.7 Å². The molecule has 0 radical (unpaired) electrons. The summed E-state index contributed by atoms with van der Waals surface area (Å²) in [6.45, 7) is 3.48. The Labute approximate surface area is 145 Å². The van der Waals surface area contributed by atoms with Crippen LogP contribution in [0.4, 0.5) is 4.39 Å². The first kappa shape index (κ1) is 16.8. The second-order valence-electron chi connectivity index (χ2n) is 5.95. The van der Waals surface area contributed by atoms with Crippen molar-refractivity contribution in [3.05, 3.63) is 82.7 Å². The Morgan fingerprint density at radius 2 is 1.84 bits per heavy atom. The summed E-state index contributed by atoms with van der Waals surface area (Å²) in [7, 11) is 1.86. The zero-order valence-corrected chi connectivity index (χ0v) is 14.3. The first-order valence-corrected chi connectivity index (χ1v) is 7.95. The average Bonchev–Trinajstić information content (AvgIpc) is 2.95. The molecule has 6 heteroatoms. The largest absolute Gasteiger partial charge is 0.338 e. The van der Waals surface area contributed by atoms with Crippen molar-refractivity contribution in [2.24, 2.45) is 7.05 Å². The zero-order chi connectivity index (χ0) is 18.0. The summed E-state index contributed by atoms with van der Waals surface area (Å²) in [6.07, 6.45) is 0. The number of hydrogen-bond acceptors (Lipinski definition) is 3. The maximum absolute atomic E-state index is 13.5. The van der Waals surface area contributed by atoms with E-state index in [1.807, 2.05) is 48.9 Å². The van der Waals surface area contributed by atoms with Crippen LogP contribution in [0.2, 0.25) is 0 Å². The minimum atomic E-state index is -0.453. The van der Waals surface area contributed by atoms with Crippen LogP contribution < -0.4 is 5.32 Å². The van der Waals surface area contributed by atoms with E-state index in [0.717, 1.165) is 11.4 Å². The molecule has 0 unspecified atom stereocenters. The van der Waals surface area contributed by atoms with Crippen LogP contribution in [0.25, 0.3) is 0 Å². The van der Waals surface area contributed by atoms with Gasteiger partial charge in [-0.25, -0.2) is 4.39 Å². The Morgan fingerprint density at radius 3 is 2.44 bits per heavy atom. The third-order valence-corrected chi connectivity index (χ3v) is 4.21. The lowest BCUT2D eigenvalue weighted by molar-refractivity contribution is 0.0941. The van der Waals surface area contributed by atoms with Crippen LogP contribution in [0.5, 0.6) is 0 Å². The summed E-state index contributed by atoms with van der Waals surface area (Å²) in [5.41, 5.74) is 1.72. The van der Waals surface area contributed by atoms with Gasteiger partial charge in [0.05, 0.1) is 0 Å². The molecule has 0 saturated carbocycles. The highest BCUT2D eigenvalue weighted by Crippen LogP contribution is 2.21. The van der Waals surface area contributed by atoms with Crippen molar-refractivity contribution >= 4 is 5.91 Å². The molecule has 128 valence electrons. The molecular weight excluding hydrogens is 319 g/mol. The average molecular weight is 338 g/mol. The van der Waals surface area contributed by atoms with Crippen molar-refractivity contribution in [2.45, 2.75) is 19.9 Å². The highest BCUT2D eigenvalue weighted by atomic mass is 19.1. The first-order valence-electron chi connectivity index (χ1n) is 7.95. The molecule has 0 fully saturated rings. The van der Waals surface area contributed by atoms with Crippen molar-refractivity contribution in [2.75, 3.05) is 0 Å². The highest BCUT2D eigenvalue weighted by molar-refractivity contribution is 5.94. The zero-order valence-electron chi connectivity index (χ0n) is 14.3. The summed E-state index contributed by atoms with van der Waals surface area (Å²) in [5.74, 6) is 0.761. The molecule has 1 atom stereocenters. The SMILES string of the molecule is Cc1cc(C(=O)N[C@H](c2ccccc2)c2nnc(C)n2C)ccc1F. The molecule has 3 aromatic rings. The molecule has 1 heterocycles. The smallest absolute Gasteiger partial charge is 0.252 e. The molecule has 0 saturated heterocycles. The van der Waals surface area contributed by atoms with Gasteiger partial charge in [-0.1, -0.05) is 30.3 Å². The lowest BCUT2D eigenvalue weighted by atomic mass is 10.0. The molecule has 1 N–H and O–H groups in total. The normalized spacial score (nSPS) is 12.0. The minimum absolute atomic E-state index is 0.294. The monoisotopic (exact) mass is 338 g/mol. The molecule has 0 spiro atoms. The summed E-state index contributed by atoms with van der Waals surface area (Å²) in [4.78, 5) is 12.7. The lowest BCUT2D eigenvalue weighted by Crippen LogP contribution is -2.31. The number of nitrogens with zero attached hydrogens (tertiary/aromatic N) is 3. The summed E-state index contributed by atoms with van der Waals surface area (Å²) in [6, 6.07) is 13.4. The van der Waals surface area contributed by atoms with Crippen molar-refractivity contribution < 1.29 is 9.18 Å². The predicted molar refractivity (Wildman–Crippen MR) is 92.6 cm³/mol. The number of nitrogens with one attached hydrogen (secondary N) is 1. The van der Waals surface area contributed by atoms with E-state index in [1.165, 1.54) is 18.2 Å². The van der Waals surface area contributed by atoms with E-state index in [1.54, 1.807) is 6.92 Å². The molecule has 3 rings (SSSR count). The van der Waals surface area contributed by atoms with Crippen molar-refractivity contribution in [1.82, 2.24) is 20.1 Å². The van der Waals surface area contributed by atoms with Gasteiger partial charge in [-0.3, -0.25) is 4.79 Å². The number of rotatable bonds is 4. The van der Waals surface area contributed by atoms with Crippen molar-refractivity contribution in [1.29, 1.82) is 0 Å². The van der Waals surface area contributed by atoms with E-state index in [2.05, 4.69) is 15.5 Å². The minimum Gasteiger partial charge on any atom is -0.338 e. The molecule has 0 aliphatic carbocycles. The van der Waals surface area contributed by atoms with E-state index in [-0.39, 0.29) is 11.7 Å². The summed E-state index contributed by atoms with van der Waals surface area (Å²) < 4.78 is 15.3. The lowest BCUT2D eigenvalue weighted by Gasteiger charge is -2.19. The predicted octanol–water partition coefficient (Wildman–Crippen LogP) is 3.09. The molecule has 0 bridgehead atoms. The summed E-state index contributed by atoms with van der Waals surface area (Å²) >= 11 is 0. The number of halogens is 1. The number of aromatic nitrogens is 3. The number of hydrogen-bond donors (Lipinski definition) is 1. The Balaban J connectivity index is 1.96. The molecular formula is C19H19FN4O. The van der Waals surface area contributed by atoms with Gasteiger partial charge >= 0.3 is 0 Å². The van der Waals surface area contributed by atoms with Crippen LogP contribution in [0.3, 0.4) is 0 Å². The Bertz CT molecular complexity index is 905. The number of aryl methyl sites for hydroxylation is 2. The topological polar surface area (TPSA) is 59.8 Å². The Kier molecular flexibility index (Phi) is 4.61. The fourth-order valence-corrected chi connectivity index (χ4v) is 2.62. The maximum Gasteiger partial charge on any atom is 0.252 e. The molecule has 1 aromatic heterocycles. The molecule has 0 aliphatic heterocycles. The number of amides is 1. The Hall–Kier alpha value is -3.02. The second kappa shape index (κ2) is 6.84. The van der Waals surface area contributed by atoms with E-state index < -0.39 is 6.04 Å². The maximum atomic E-state index is 13.5. The van der Waals surface area contributed by atoms with Gasteiger partial charge in [-0.2, -0.15) is 0 Å². The van der Waals surface area contributed by atoms with Crippen LogP contribution in [0.1, 0.15) is 39.2 Å². The van der Waals surface area contributed by atoms with Crippen LogP contribution in [-0.2, 0) is 7.05 Å². The molecule has 5 nitrogen and oxygen atoms in total. The second-order valence-corrected chi connectivity index (χ2v) is 5.95. The molecule has 1 amide bonds. The number of benzene rings is 2. The van der Waals surface area contributed by atoms with Gasteiger partial charge in [0.1, 0.15) is 17.7 Å². The Morgan fingerprint density at radius 1 is 1.12 bits per heavy atom. The van der Waals surface area contributed by atoms with Crippen LogP contribution >= 0.6 is 0 Å². The number of carbonyl (C=O) groups excluding carboxylic acids is 1. The highest BCUT2D eigenvalue weighted by Gasteiger charge is 2.23.